The number of amides is 6. The molecule has 10 nitrogen and oxygen atoms in total. The molecule has 1 heterocycles. The standard InChI is InChI=1S/C23H40N4O6/c1-17(2)33-13-7-11-24-22(30)25-23(31)27(12-6-8-18(27)3)21(29)20(15-26(32)16-28)14-19-9-4-5-10-19/h16-20,32H,4-15H2,1-3H3,(H-,24,25,30,31)/p+1/t18-,20-,27?/m1/s1. The Morgan fingerprint density at radius 1 is 1.18 bits per heavy atom. The van der Waals surface area contributed by atoms with E-state index in [1.807, 2.05) is 20.8 Å². The second kappa shape index (κ2) is 13.0. The molecular formula is C23H41N4O6+. The summed E-state index contributed by atoms with van der Waals surface area (Å²) in [6.45, 7) is 6.70. The predicted molar refractivity (Wildman–Crippen MR) is 121 cm³/mol. The van der Waals surface area contributed by atoms with Crippen molar-refractivity contribution in [2.24, 2.45) is 11.8 Å². The molecule has 2 fully saturated rings. The number of imide groups is 2. The topological polar surface area (TPSA) is 125 Å². The van der Waals surface area contributed by atoms with E-state index in [1.165, 1.54) is 0 Å². The zero-order valence-electron chi connectivity index (χ0n) is 20.3. The summed E-state index contributed by atoms with van der Waals surface area (Å²) in [5.74, 6) is -0.675. The van der Waals surface area contributed by atoms with Crippen LogP contribution in [0.15, 0.2) is 0 Å². The Morgan fingerprint density at radius 3 is 2.45 bits per heavy atom. The minimum Gasteiger partial charge on any atom is -0.379 e. The van der Waals surface area contributed by atoms with Crippen LogP contribution in [-0.2, 0) is 14.3 Å². The summed E-state index contributed by atoms with van der Waals surface area (Å²) in [5.41, 5.74) is 0. The van der Waals surface area contributed by atoms with Crippen molar-refractivity contribution in [2.75, 3.05) is 26.2 Å². The number of quaternary nitrogens is 1. The lowest BCUT2D eigenvalue weighted by atomic mass is 9.91. The third-order valence-corrected chi connectivity index (χ3v) is 6.89. The molecule has 3 N–H and O–H groups in total. The normalized spacial score (nSPS) is 24.0. The third kappa shape index (κ3) is 7.48. The Hall–Kier alpha value is -2.04. The van der Waals surface area contributed by atoms with Gasteiger partial charge in [-0.3, -0.25) is 10.0 Å². The molecule has 6 amide bonds. The maximum absolute atomic E-state index is 13.8. The minimum atomic E-state index is -0.675. The van der Waals surface area contributed by atoms with Gasteiger partial charge in [-0.1, -0.05) is 25.7 Å². The maximum Gasteiger partial charge on any atom is 0.432 e. The highest BCUT2D eigenvalue weighted by molar-refractivity contribution is 5.95. The summed E-state index contributed by atoms with van der Waals surface area (Å²) in [5, 5.41) is 15.3. The van der Waals surface area contributed by atoms with Gasteiger partial charge >= 0.3 is 18.0 Å². The Kier molecular flexibility index (Phi) is 10.7. The van der Waals surface area contributed by atoms with Crippen molar-refractivity contribution in [3.8, 4) is 0 Å². The predicted octanol–water partition coefficient (Wildman–Crippen LogP) is 2.79. The molecule has 188 valence electrons. The van der Waals surface area contributed by atoms with Crippen LogP contribution in [0.25, 0.3) is 0 Å². The summed E-state index contributed by atoms with van der Waals surface area (Å²) in [6, 6.07) is -1.58. The second-order valence-corrected chi connectivity index (χ2v) is 9.69. The Bertz CT molecular complexity index is 682. The van der Waals surface area contributed by atoms with Gasteiger partial charge in [0.25, 0.3) is 0 Å². The van der Waals surface area contributed by atoms with Gasteiger partial charge < -0.3 is 10.1 Å². The number of ether oxygens (including phenoxy) is 1. The van der Waals surface area contributed by atoms with Crippen molar-refractivity contribution < 1.29 is 33.6 Å². The molecule has 1 saturated heterocycles. The number of hydrogen-bond donors (Lipinski definition) is 3. The first-order chi connectivity index (χ1) is 15.7. The van der Waals surface area contributed by atoms with E-state index in [9.17, 15) is 24.4 Å². The first-order valence-electron chi connectivity index (χ1n) is 12.2. The molecular weight excluding hydrogens is 428 g/mol. The first-order valence-corrected chi connectivity index (χ1v) is 12.2. The molecule has 1 aliphatic heterocycles. The quantitative estimate of drug-likeness (QED) is 0.140. The number of hydrogen-bond acceptors (Lipinski definition) is 6. The summed E-state index contributed by atoms with van der Waals surface area (Å²) in [6.07, 6.45) is 7.08. The SMILES string of the molecule is CC(C)OCCCNC(=O)NC(=O)[N+]1(C(=O)[C@H](CC2CCCC2)CN(O)C=O)CCC[C@H]1C. The fourth-order valence-electron chi connectivity index (χ4n) is 5.14. The summed E-state index contributed by atoms with van der Waals surface area (Å²) in [4.78, 5) is 50.5. The van der Waals surface area contributed by atoms with Crippen molar-refractivity contribution >= 4 is 24.4 Å². The molecule has 0 aromatic heterocycles. The van der Waals surface area contributed by atoms with E-state index >= 15 is 0 Å². The number of hydroxylamine groups is 2. The second-order valence-electron chi connectivity index (χ2n) is 9.69. The van der Waals surface area contributed by atoms with E-state index in [-0.39, 0.29) is 31.0 Å². The maximum atomic E-state index is 13.8. The monoisotopic (exact) mass is 469 g/mol. The molecule has 1 aliphatic carbocycles. The molecule has 2 rings (SSSR count). The molecule has 2 aliphatic rings. The number of carbonyl (C=O) groups excluding carboxylic acids is 4. The molecule has 0 aromatic rings. The van der Waals surface area contributed by atoms with Gasteiger partial charge in [-0.25, -0.2) is 24.8 Å². The van der Waals surface area contributed by atoms with E-state index in [0.717, 1.165) is 25.7 Å². The van der Waals surface area contributed by atoms with Gasteiger partial charge in [-0.05, 0) is 39.5 Å². The van der Waals surface area contributed by atoms with E-state index in [0.29, 0.717) is 56.4 Å². The van der Waals surface area contributed by atoms with Crippen LogP contribution in [0.5, 0.6) is 0 Å². The van der Waals surface area contributed by atoms with Gasteiger partial charge in [0.2, 0.25) is 6.41 Å². The fraction of sp³-hybridized carbons (Fsp3) is 0.826. The molecule has 0 radical (unpaired) electrons. The van der Waals surface area contributed by atoms with E-state index < -0.39 is 22.5 Å². The summed E-state index contributed by atoms with van der Waals surface area (Å²) in [7, 11) is 0. The Balaban J connectivity index is 2.08. The van der Waals surface area contributed by atoms with Gasteiger partial charge in [-0.2, -0.15) is 4.48 Å². The van der Waals surface area contributed by atoms with Crippen molar-refractivity contribution in [3.63, 3.8) is 0 Å². The van der Waals surface area contributed by atoms with Gasteiger partial charge in [0.15, 0.2) is 0 Å². The van der Waals surface area contributed by atoms with Crippen molar-refractivity contribution in [1.29, 1.82) is 0 Å². The molecule has 10 heteroatoms. The lowest BCUT2D eigenvalue weighted by Gasteiger charge is -2.36. The van der Waals surface area contributed by atoms with Crippen molar-refractivity contribution in [3.05, 3.63) is 0 Å². The Labute approximate surface area is 196 Å². The molecule has 1 unspecified atom stereocenters. The number of nitrogens with zero attached hydrogens (tertiary/aromatic N) is 2. The van der Waals surface area contributed by atoms with E-state index in [1.54, 1.807) is 0 Å². The average Bonchev–Trinajstić information content (AvgIpc) is 3.42. The highest BCUT2D eigenvalue weighted by Gasteiger charge is 2.55. The largest absolute Gasteiger partial charge is 0.432 e. The fourth-order valence-corrected chi connectivity index (χ4v) is 5.14. The van der Waals surface area contributed by atoms with Crippen LogP contribution in [0.1, 0.15) is 72.1 Å². The highest BCUT2D eigenvalue weighted by atomic mass is 16.5. The average molecular weight is 470 g/mol. The molecule has 33 heavy (non-hydrogen) atoms. The highest BCUT2D eigenvalue weighted by Crippen LogP contribution is 2.35. The van der Waals surface area contributed by atoms with Crippen molar-refractivity contribution in [1.82, 2.24) is 15.7 Å². The first kappa shape index (κ1) is 27.2. The van der Waals surface area contributed by atoms with E-state index in [2.05, 4.69) is 10.6 Å². The molecule has 3 atom stereocenters. The van der Waals surface area contributed by atoms with Gasteiger partial charge in [0.1, 0.15) is 6.04 Å². The number of rotatable bonds is 11. The van der Waals surface area contributed by atoms with Crippen molar-refractivity contribution in [2.45, 2.75) is 84.3 Å². The van der Waals surface area contributed by atoms with Gasteiger partial charge in [-0.15, -0.1) is 0 Å². The zero-order valence-corrected chi connectivity index (χ0v) is 20.3. The molecule has 0 spiro atoms. The lowest BCUT2D eigenvalue weighted by molar-refractivity contribution is -0.786. The molecule has 0 bridgehead atoms. The summed E-state index contributed by atoms with van der Waals surface area (Å²) >= 11 is 0. The van der Waals surface area contributed by atoms with Crippen LogP contribution in [0.3, 0.4) is 0 Å². The van der Waals surface area contributed by atoms with Crippen LogP contribution in [0.4, 0.5) is 9.59 Å². The van der Waals surface area contributed by atoms with Crippen LogP contribution < -0.4 is 10.6 Å². The zero-order chi connectivity index (χ0) is 24.4. The smallest absolute Gasteiger partial charge is 0.379 e. The van der Waals surface area contributed by atoms with Crippen LogP contribution >= 0.6 is 0 Å². The number of likely N-dealkylation sites (tertiary alicyclic amines) is 1. The number of carbonyl (C=O) groups is 4. The van der Waals surface area contributed by atoms with Crippen LogP contribution in [0, 0.1) is 11.8 Å². The van der Waals surface area contributed by atoms with Gasteiger partial charge in [0, 0.05) is 26.0 Å². The number of urea groups is 2. The molecule has 1 saturated carbocycles. The minimum absolute atomic E-state index is 0.110. The molecule has 0 aromatic carbocycles. The van der Waals surface area contributed by atoms with E-state index in [4.69, 9.17) is 4.74 Å². The lowest BCUT2D eigenvalue weighted by Crippen LogP contribution is -2.66. The number of nitrogens with one attached hydrogen (secondary N) is 2. The van der Waals surface area contributed by atoms with Crippen LogP contribution in [-0.4, -0.2) is 77.5 Å². The van der Waals surface area contributed by atoms with Crippen LogP contribution in [0.2, 0.25) is 0 Å². The third-order valence-electron chi connectivity index (χ3n) is 6.89. The summed E-state index contributed by atoms with van der Waals surface area (Å²) < 4.78 is 4.96. The Morgan fingerprint density at radius 2 is 1.88 bits per heavy atom. The van der Waals surface area contributed by atoms with Gasteiger partial charge in [0.05, 0.1) is 25.1 Å².